The number of rotatable bonds is 11. The van der Waals surface area contributed by atoms with Gasteiger partial charge in [0.25, 0.3) is 5.91 Å². The Morgan fingerprint density at radius 3 is 2.69 bits per heavy atom. The minimum atomic E-state index is -0.950. The number of nitrogens with one attached hydrogen (secondary N) is 1. The van der Waals surface area contributed by atoms with Crippen molar-refractivity contribution < 1.29 is 23.8 Å². The highest BCUT2D eigenvalue weighted by Crippen LogP contribution is 2.34. The zero-order valence-electron chi connectivity index (χ0n) is 19.9. The summed E-state index contributed by atoms with van der Waals surface area (Å²) < 4.78 is 16.3. The van der Waals surface area contributed by atoms with Crippen LogP contribution in [0, 0.1) is 0 Å². The van der Waals surface area contributed by atoms with Gasteiger partial charge >= 0.3 is 0 Å². The summed E-state index contributed by atoms with van der Waals surface area (Å²) >= 11 is 6.11. The molecule has 1 aliphatic heterocycles. The Morgan fingerprint density at radius 1 is 1.14 bits per heavy atom. The lowest BCUT2D eigenvalue weighted by Gasteiger charge is -2.31. The van der Waals surface area contributed by atoms with Crippen molar-refractivity contribution >= 4 is 23.4 Å². The molecule has 1 aliphatic rings. The second-order valence-electron chi connectivity index (χ2n) is 8.01. The maximum atomic E-state index is 13.7. The summed E-state index contributed by atoms with van der Waals surface area (Å²) in [5, 5.41) is 3.47. The van der Waals surface area contributed by atoms with E-state index in [-0.39, 0.29) is 24.9 Å². The Labute approximate surface area is 214 Å². The van der Waals surface area contributed by atoms with Crippen LogP contribution in [-0.2, 0) is 16.1 Å². The lowest BCUT2D eigenvalue weighted by atomic mass is 10.0. The number of carbonyl (C=O) groups excluding carboxylic acids is 2. The van der Waals surface area contributed by atoms with E-state index >= 15 is 0 Å². The number of halogens is 1. The molecule has 1 N–H and O–H groups in total. The number of amides is 2. The molecule has 10 heteroatoms. The van der Waals surface area contributed by atoms with Gasteiger partial charge in [-0.2, -0.15) is 0 Å². The van der Waals surface area contributed by atoms with Crippen molar-refractivity contribution in [2.45, 2.75) is 25.9 Å². The van der Waals surface area contributed by atoms with Crippen LogP contribution in [0.4, 0.5) is 0 Å². The molecule has 9 nitrogen and oxygen atoms in total. The molecule has 4 rings (SSSR count). The third-order valence-electron chi connectivity index (χ3n) is 5.55. The molecule has 2 amide bonds. The van der Waals surface area contributed by atoms with Gasteiger partial charge in [-0.1, -0.05) is 29.8 Å². The number of benzene rings is 2. The molecule has 0 bridgehead atoms. The molecule has 0 radical (unpaired) electrons. The summed E-state index contributed by atoms with van der Waals surface area (Å²) in [6, 6.07) is 11.3. The van der Waals surface area contributed by atoms with Gasteiger partial charge in [-0.25, -0.2) is 4.98 Å². The molecule has 0 unspecified atom stereocenters. The van der Waals surface area contributed by atoms with Crippen molar-refractivity contribution in [1.29, 1.82) is 0 Å². The Hall–Kier alpha value is -3.69. The molecule has 188 valence electrons. The van der Waals surface area contributed by atoms with E-state index in [4.69, 9.17) is 25.8 Å². The van der Waals surface area contributed by atoms with Crippen LogP contribution in [0.15, 0.2) is 61.1 Å². The van der Waals surface area contributed by atoms with E-state index in [2.05, 4.69) is 15.3 Å². The predicted molar refractivity (Wildman–Crippen MR) is 133 cm³/mol. The fourth-order valence-electron chi connectivity index (χ4n) is 3.82. The summed E-state index contributed by atoms with van der Waals surface area (Å²) in [4.78, 5) is 37.0. The Morgan fingerprint density at radius 2 is 1.94 bits per heavy atom. The SMILES string of the molecule is CCOCCCNC(=O)[C@H](c1ccc(Cl)cc1)N(Cc1ccc2c(c1)OCO2)C(=O)c1cnccn1. The summed E-state index contributed by atoms with van der Waals surface area (Å²) in [5.74, 6) is 0.451. The number of ether oxygens (including phenoxy) is 3. The zero-order valence-corrected chi connectivity index (χ0v) is 20.6. The standard InChI is InChI=1S/C26H27ClN4O5/c1-2-34-13-3-10-30-25(32)24(19-5-7-20(27)8-6-19)31(26(33)21-15-28-11-12-29-21)16-18-4-9-22-23(14-18)36-17-35-22/h4-9,11-12,14-15,24H,2-3,10,13,16-17H2,1H3,(H,30,32)/t24-/m0/s1. The number of hydrogen-bond donors (Lipinski definition) is 1. The summed E-state index contributed by atoms with van der Waals surface area (Å²) in [5.41, 5.74) is 1.50. The van der Waals surface area contributed by atoms with E-state index in [0.29, 0.717) is 48.3 Å². The molecule has 2 aromatic carbocycles. The van der Waals surface area contributed by atoms with Crippen LogP contribution in [0.25, 0.3) is 0 Å². The normalized spacial score (nSPS) is 12.7. The Kier molecular flexibility index (Phi) is 8.70. The van der Waals surface area contributed by atoms with Crippen molar-refractivity contribution in [1.82, 2.24) is 20.2 Å². The van der Waals surface area contributed by atoms with Crippen LogP contribution in [0.5, 0.6) is 11.5 Å². The fourth-order valence-corrected chi connectivity index (χ4v) is 3.94. The molecule has 1 atom stereocenters. The van der Waals surface area contributed by atoms with Crippen molar-refractivity contribution in [3.63, 3.8) is 0 Å². The van der Waals surface area contributed by atoms with Gasteiger partial charge in [0.15, 0.2) is 11.5 Å². The summed E-state index contributed by atoms with van der Waals surface area (Å²) in [7, 11) is 0. The van der Waals surface area contributed by atoms with Crippen LogP contribution < -0.4 is 14.8 Å². The number of nitrogens with zero attached hydrogens (tertiary/aromatic N) is 3. The lowest BCUT2D eigenvalue weighted by molar-refractivity contribution is -0.126. The molecule has 0 fully saturated rings. The van der Waals surface area contributed by atoms with Crippen LogP contribution in [0.1, 0.15) is 41.0 Å². The highest BCUT2D eigenvalue weighted by Gasteiger charge is 2.33. The second-order valence-corrected chi connectivity index (χ2v) is 8.44. The van der Waals surface area contributed by atoms with Gasteiger partial charge in [0, 0.05) is 43.7 Å². The van der Waals surface area contributed by atoms with E-state index in [1.54, 1.807) is 36.4 Å². The summed E-state index contributed by atoms with van der Waals surface area (Å²) in [6.45, 7) is 3.71. The minimum Gasteiger partial charge on any atom is -0.454 e. The zero-order chi connectivity index (χ0) is 25.3. The minimum absolute atomic E-state index is 0.117. The van der Waals surface area contributed by atoms with E-state index in [9.17, 15) is 9.59 Å². The molecule has 1 aromatic heterocycles. The van der Waals surface area contributed by atoms with E-state index in [0.717, 1.165) is 5.56 Å². The van der Waals surface area contributed by atoms with Crippen LogP contribution >= 0.6 is 11.6 Å². The quantitative estimate of drug-likeness (QED) is 0.391. The Bertz CT molecular complexity index is 1180. The third kappa shape index (κ3) is 6.30. The number of aromatic nitrogens is 2. The molecular formula is C26H27ClN4O5. The first-order valence-electron chi connectivity index (χ1n) is 11.6. The first kappa shape index (κ1) is 25.4. The van der Waals surface area contributed by atoms with Gasteiger partial charge in [-0.05, 0) is 48.7 Å². The van der Waals surface area contributed by atoms with Gasteiger partial charge < -0.3 is 24.4 Å². The number of carbonyl (C=O) groups is 2. The van der Waals surface area contributed by atoms with E-state index in [1.165, 1.54) is 23.5 Å². The van der Waals surface area contributed by atoms with Crippen LogP contribution in [0.2, 0.25) is 5.02 Å². The predicted octanol–water partition coefficient (Wildman–Crippen LogP) is 3.79. The number of hydrogen-bond acceptors (Lipinski definition) is 7. The van der Waals surface area contributed by atoms with Crippen LogP contribution in [-0.4, -0.2) is 53.2 Å². The van der Waals surface area contributed by atoms with Crippen LogP contribution in [0.3, 0.4) is 0 Å². The van der Waals surface area contributed by atoms with Gasteiger partial charge in [0.05, 0.1) is 6.20 Å². The largest absolute Gasteiger partial charge is 0.454 e. The van der Waals surface area contributed by atoms with Gasteiger partial charge in [-0.15, -0.1) is 0 Å². The maximum Gasteiger partial charge on any atom is 0.275 e. The van der Waals surface area contributed by atoms with Gasteiger partial charge in [0.2, 0.25) is 12.7 Å². The third-order valence-corrected chi connectivity index (χ3v) is 5.80. The van der Waals surface area contributed by atoms with Crippen molar-refractivity contribution in [2.24, 2.45) is 0 Å². The second kappa shape index (κ2) is 12.3. The molecule has 0 aliphatic carbocycles. The van der Waals surface area contributed by atoms with Gasteiger partial charge in [-0.3, -0.25) is 14.6 Å². The molecular weight excluding hydrogens is 484 g/mol. The average Bonchev–Trinajstić information content (AvgIpc) is 3.37. The van der Waals surface area contributed by atoms with Crippen molar-refractivity contribution in [2.75, 3.05) is 26.6 Å². The first-order valence-corrected chi connectivity index (χ1v) is 12.0. The molecule has 0 saturated carbocycles. The highest BCUT2D eigenvalue weighted by atomic mass is 35.5. The smallest absolute Gasteiger partial charge is 0.275 e. The Balaban J connectivity index is 1.68. The van der Waals surface area contributed by atoms with Crippen molar-refractivity contribution in [3.05, 3.63) is 82.9 Å². The van der Waals surface area contributed by atoms with Crippen molar-refractivity contribution in [3.8, 4) is 11.5 Å². The monoisotopic (exact) mass is 510 g/mol. The van der Waals surface area contributed by atoms with E-state index < -0.39 is 11.9 Å². The molecule has 36 heavy (non-hydrogen) atoms. The molecule has 3 aromatic rings. The maximum absolute atomic E-state index is 13.7. The lowest BCUT2D eigenvalue weighted by Crippen LogP contribution is -2.44. The molecule has 0 saturated heterocycles. The highest BCUT2D eigenvalue weighted by molar-refractivity contribution is 6.30. The molecule has 0 spiro atoms. The summed E-state index contributed by atoms with van der Waals surface area (Å²) in [6.07, 6.45) is 4.96. The van der Waals surface area contributed by atoms with Gasteiger partial charge in [0.1, 0.15) is 11.7 Å². The average molecular weight is 511 g/mol. The fraction of sp³-hybridized carbons (Fsp3) is 0.308. The topological polar surface area (TPSA) is 103 Å². The first-order chi connectivity index (χ1) is 17.6. The van der Waals surface area contributed by atoms with E-state index in [1.807, 2.05) is 13.0 Å². The molecule has 2 heterocycles. The number of fused-ring (bicyclic) bond motifs is 1.